The molecule has 6 nitrogen and oxygen atoms in total. The second-order valence-corrected chi connectivity index (χ2v) is 8.83. The standard InChI is InChI=1S/C20H16Br3N3O3/c1-3-4-18-25-17-6-5-13(21)9-14(17)20(28)26(18)24-10-12-7-15(22)19(16(23)8-12)29-11(2)27/h5-10H,3-4H2,1-2H3. The molecule has 1 aromatic heterocycles. The molecule has 150 valence electrons. The zero-order valence-corrected chi connectivity index (χ0v) is 20.3. The molecule has 0 fully saturated rings. The normalized spacial score (nSPS) is 11.3. The largest absolute Gasteiger partial charge is 0.424 e. The number of aromatic nitrogens is 2. The van der Waals surface area contributed by atoms with Gasteiger partial charge in [-0.3, -0.25) is 9.59 Å². The van der Waals surface area contributed by atoms with Crippen LogP contribution in [0.3, 0.4) is 0 Å². The first-order valence-electron chi connectivity index (χ1n) is 8.73. The van der Waals surface area contributed by atoms with Crippen molar-refractivity contribution in [1.82, 2.24) is 9.66 Å². The van der Waals surface area contributed by atoms with E-state index in [9.17, 15) is 9.59 Å². The second-order valence-electron chi connectivity index (χ2n) is 6.21. The molecular formula is C20H16Br3N3O3. The topological polar surface area (TPSA) is 73.6 Å². The Labute approximate surface area is 192 Å². The molecular weight excluding hydrogens is 570 g/mol. The summed E-state index contributed by atoms with van der Waals surface area (Å²) in [6.07, 6.45) is 3.02. The number of carbonyl (C=O) groups is 1. The predicted octanol–water partition coefficient (Wildman–Crippen LogP) is 5.44. The molecule has 0 unspecified atom stereocenters. The van der Waals surface area contributed by atoms with Gasteiger partial charge in [0, 0.05) is 17.8 Å². The highest BCUT2D eigenvalue weighted by atomic mass is 79.9. The van der Waals surface area contributed by atoms with Crippen molar-refractivity contribution in [3.05, 3.63) is 65.5 Å². The SMILES string of the molecule is CCCc1nc2ccc(Br)cc2c(=O)n1N=Cc1cc(Br)c(OC(C)=O)c(Br)c1. The number of nitrogens with zero attached hydrogens (tertiary/aromatic N) is 3. The summed E-state index contributed by atoms with van der Waals surface area (Å²) >= 11 is 10.2. The van der Waals surface area contributed by atoms with E-state index in [1.54, 1.807) is 24.4 Å². The monoisotopic (exact) mass is 583 g/mol. The summed E-state index contributed by atoms with van der Waals surface area (Å²) in [4.78, 5) is 28.9. The van der Waals surface area contributed by atoms with Gasteiger partial charge in [-0.1, -0.05) is 22.9 Å². The Morgan fingerprint density at radius 3 is 2.52 bits per heavy atom. The van der Waals surface area contributed by atoms with Crippen molar-refractivity contribution in [2.24, 2.45) is 5.10 Å². The van der Waals surface area contributed by atoms with Gasteiger partial charge >= 0.3 is 5.97 Å². The fourth-order valence-electron chi connectivity index (χ4n) is 2.72. The Kier molecular flexibility index (Phi) is 7.02. The Morgan fingerprint density at radius 2 is 1.90 bits per heavy atom. The zero-order valence-electron chi connectivity index (χ0n) is 15.6. The van der Waals surface area contributed by atoms with Crippen LogP contribution in [0.5, 0.6) is 5.75 Å². The smallest absolute Gasteiger partial charge is 0.308 e. The highest BCUT2D eigenvalue weighted by molar-refractivity contribution is 9.11. The van der Waals surface area contributed by atoms with Gasteiger partial charge in [-0.05, 0) is 74.2 Å². The van der Waals surface area contributed by atoms with E-state index in [-0.39, 0.29) is 5.56 Å². The van der Waals surface area contributed by atoms with E-state index in [2.05, 4.69) is 57.9 Å². The Hall–Kier alpha value is -1.84. The number of hydrogen-bond acceptors (Lipinski definition) is 5. The molecule has 0 amide bonds. The summed E-state index contributed by atoms with van der Waals surface area (Å²) in [5.74, 6) is 0.561. The summed E-state index contributed by atoms with van der Waals surface area (Å²) in [5, 5.41) is 4.89. The fraction of sp³-hybridized carbons (Fsp3) is 0.200. The van der Waals surface area contributed by atoms with Gasteiger partial charge in [-0.15, -0.1) is 0 Å². The fourth-order valence-corrected chi connectivity index (χ4v) is 4.46. The van der Waals surface area contributed by atoms with E-state index in [1.807, 2.05) is 19.1 Å². The third-order valence-electron chi connectivity index (χ3n) is 3.94. The van der Waals surface area contributed by atoms with Gasteiger partial charge in [0.2, 0.25) is 0 Å². The number of fused-ring (bicyclic) bond motifs is 1. The highest BCUT2D eigenvalue weighted by Crippen LogP contribution is 2.34. The van der Waals surface area contributed by atoms with Crippen LogP contribution in [-0.2, 0) is 11.2 Å². The van der Waals surface area contributed by atoms with Gasteiger partial charge in [0.1, 0.15) is 5.82 Å². The van der Waals surface area contributed by atoms with Crippen LogP contribution in [0.4, 0.5) is 0 Å². The number of benzene rings is 2. The minimum atomic E-state index is -0.419. The maximum absolute atomic E-state index is 13.0. The van der Waals surface area contributed by atoms with Gasteiger partial charge < -0.3 is 4.74 Å². The number of halogens is 3. The Bertz CT molecular complexity index is 1170. The highest BCUT2D eigenvalue weighted by Gasteiger charge is 2.12. The van der Waals surface area contributed by atoms with Crippen molar-refractivity contribution in [3.8, 4) is 5.75 Å². The van der Waals surface area contributed by atoms with Gasteiger partial charge in [0.05, 0.1) is 26.1 Å². The van der Waals surface area contributed by atoms with Crippen molar-refractivity contribution in [1.29, 1.82) is 0 Å². The molecule has 0 spiro atoms. The molecule has 0 aliphatic heterocycles. The van der Waals surface area contributed by atoms with Crippen LogP contribution < -0.4 is 10.3 Å². The molecule has 1 heterocycles. The Balaban J connectivity index is 2.08. The molecule has 0 radical (unpaired) electrons. The molecule has 0 N–H and O–H groups in total. The van der Waals surface area contributed by atoms with E-state index < -0.39 is 5.97 Å². The van der Waals surface area contributed by atoms with Crippen LogP contribution in [0, 0.1) is 0 Å². The minimum absolute atomic E-state index is 0.231. The molecule has 3 rings (SSSR count). The van der Waals surface area contributed by atoms with Gasteiger partial charge in [0.25, 0.3) is 5.56 Å². The maximum atomic E-state index is 13.0. The second kappa shape index (κ2) is 9.32. The van der Waals surface area contributed by atoms with Crippen LogP contribution in [-0.4, -0.2) is 21.8 Å². The zero-order chi connectivity index (χ0) is 21.1. The lowest BCUT2D eigenvalue weighted by Crippen LogP contribution is -2.22. The maximum Gasteiger partial charge on any atom is 0.308 e. The molecule has 9 heteroatoms. The molecule has 0 saturated heterocycles. The van der Waals surface area contributed by atoms with Crippen molar-refractivity contribution in [2.75, 3.05) is 0 Å². The van der Waals surface area contributed by atoms with Crippen LogP contribution in [0.25, 0.3) is 10.9 Å². The first-order valence-corrected chi connectivity index (χ1v) is 11.1. The van der Waals surface area contributed by atoms with Crippen molar-refractivity contribution in [2.45, 2.75) is 26.7 Å². The van der Waals surface area contributed by atoms with Crippen molar-refractivity contribution < 1.29 is 9.53 Å². The molecule has 0 atom stereocenters. The summed E-state index contributed by atoms with van der Waals surface area (Å²) in [6, 6.07) is 8.92. The molecule has 0 aliphatic carbocycles. The van der Waals surface area contributed by atoms with Gasteiger partial charge in [-0.2, -0.15) is 9.78 Å². The molecule has 2 aromatic carbocycles. The number of hydrogen-bond donors (Lipinski definition) is 0. The summed E-state index contributed by atoms with van der Waals surface area (Å²) < 4.78 is 8.49. The average Bonchev–Trinajstić information content (AvgIpc) is 2.65. The predicted molar refractivity (Wildman–Crippen MR) is 124 cm³/mol. The lowest BCUT2D eigenvalue weighted by Gasteiger charge is -2.10. The number of rotatable bonds is 5. The molecule has 29 heavy (non-hydrogen) atoms. The summed E-state index contributed by atoms with van der Waals surface area (Å²) in [6.45, 7) is 3.36. The Morgan fingerprint density at radius 1 is 1.21 bits per heavy atom. The summed E-state index contributed by atoms with van der Waals surface area (Å²) in [7, 11) is 0. The van der Waals surface area contributed by atoms with Crippen LogP contribution >= 0.6 is 47.8 Å². The summed E-state index contributed by atoms with van der Waals surface area (Å²) in [5.41, 5.74) is 1.12. The first-order chi connectivity index (χ1) is 13.8. The number of aryl methyl sites for hydroxylation is 1. The van der Waals surface area contributed by atoms with E-state index in [1.165, 1.54) is 11.6 Å². The average molecular weight is 586 g/mol. The van der Waals surface area contributed by atoms with E-state index in [4.69, 9.17) is 4.74 Å². The van der Waals surface area contributed by atoms with Crippen LogP contribution in [0.15, 0.2) is 53.6 Å². The third-order valence-corrected chi connectivity index (χ3v) is 5.61. The molecule has 0 saturated carbocycles. The van der Waals surface area contributed by atoms with Gasteiger partial charge in [0.15, 0.2) is 5.75 Å². The number of esters is 1. The molecule has 0 aliphatic rings. The first kappa shape index (κ1) is 21.9. The van der Waals surface area contributed by atoms with E-state index in [0.29, 0.717) is 43.4 Å². The quantitative estimate of drug-likeness (QED) is 0.227. The van der Waals surface area contributed by atoms with Crippen molar-refractivity contribution in [3.63, 3.8) is 0 Å². The van der Waals surface area contributed by atoms with Crippen molar-refractivity contribution >= 4 is 70.9 Å². The van der Waals surface area contributed by atoms with Crippen LogP contribution in [0.1, 0.15) is 31.7 Å². The molecule has 3 aromatic rings. The lowest BCUT2D eigenvalue weighted by molar-refractivity contribution is -0.131. The van der Waals surface area contributed by atoms with E-state index in [0.717, 1.165) is 10.9 Å². The minimum Gasteiger partial charge on any atom is -0.424 e. The lowest BCUT2D eigenvalue weighted by atomic mass is 10.2. The number of ether oxygens (including phenoxy) is 1. The van der Waals surface area contributed by atoms with Crippen LogP contribution in [0.2, 0.25) is 0 Å². The third kappa shape index (κ3) is 5.02. The van der Waals surface area contributed by atoms with E-state index >= 15 is 0 Å². The molecule has 0 bridgehead atoms. The number of carbonyl (C=O) groups excluding carboxylic acids is 1. The van der Waals surface area contributed by atoms with Gasteiger partial charge in [-0.25, -0.2) is 4.98 Å².